The van der Waals surface area contributed by atoms with Gasteiger partial charge in [0.1, 0.15) is 0 Å². The van der Waals surface area contributed by atoms with Gasteiger partial charge in [0, 0.05) is 46.5 Å². The summed E-state index contributed by atoms with van der Waals surface area (Å²) >= 11 is 0. The van der Waals surface area contributed by atoms with E-state index in [-0.39, 0.29) is 5.78 Å². The number of anilines is 1. The lowest BCUT2D eigenvalue weighted by molar-refractivity contribution is 0.101. The molecule has 1 aliphatic heterocycles. The molecule has 0 aromatic carbocycles. The highest BCUT2D eigenvalue weighted by atomic mass is 32.2. The normalized spacial score (nSPS) is 17.0. The summed E-state index contributed by atoms with van der Waals surface area (Å²) in [5.41, 5.74) is 1.15. The van der Waals surface area contributed by atoms with Crippen molar-refractivity contribution in [2.75, 3.05) is 45.2 Å². The minimum Gasteiger partial charge on any atom is -0.338 e. The molecular formula is C13H21N5O3S. The number of hydrogen-bond acceptors (Lipinski definition) is 6. The first kappa shape index (κ1) is 16.8. The van der Waals surface area contributed by atoms with Gasteiger partial charge in [0.2, 0.25) is 5.95 Å². The number of ketones is 1. The molecule has 122 valence electrons. The Bertz CT molecular complexity index is 666. The average molecular weight is 327 g/mol. The quantitative estimate of drug-likeness (QED) is 0.719. The Balaban J connectivity index is 2.09. The zero-order valence-corrected chi connectivity index (χ0v) is 14.1. The Morgan fingerprint density at radius 1 is 1.23 bits per heavy atom. The van der Waals surface area contributed by atoms with E-state index in [1.165, 1.54) is 35.8 Å². The van der Waals surface area contributed by atoms with E-state index in [1.54, 1.807) is 6.92 Å². The standard InChI is InChI=1S/C13H21N5O3S/c1-10-12(11(2)19)9-14-13(15-10)17-5-7-18(8-6-17)22(20,21)16(3)4/h9H,5-8H2,1-4H3. The van der Waals surface area contributed by atoms with Gasteiger partial charge >= 0.3 is 0 Å². The highest BCUT2D eigenvalue weighted by Gasteiger charge is 2.29. The Morgan fingerprint density at radius 3 is 2.27 bits per heavy atom. The zero-order valence-electron chi connectivity index (χ0n) is 13.3. The minimum atomic E-state index is -3.38. The van der Waals surface area contributed by atoms with Crippen molar-refractivity contribution in [3.05, 3.63) is 17.5 Å². The molecule has 1 aromatic heterocycles. The molecule has 1 aliphatic rings. The summed E-state index contributed by atoms with van der Waals surface area (Å²) in [6.45, 7) is 5.07. The predicted octanol–water partition coefficient (Wildman–Crippen LogP) is -0.0840. The summed E-state index contributed by atoms with van der Waals surface area (Å²) in [6.07, 6.45) is 1.53. The number of aromatic nitrogens is 2. The molecule has 0 bridgehead atoms. The lowest BCUT2D eigenvalue weighted by Crippen LogP contribution is -2.52. The Kier molecular flexibility index (Phi) is 4.78. The molecule has 2 heterocycles. The van der Waals surface area contributed by atoms with Crippen LogP contribution in [0.25, 0.3) is 0 Å². The van der Waals surface area contributed by atoms with Gasteiger partial charge in [-0.25, -0.2) is 9.97 Å². The summed E-state index contributed by atoms with van der Waals surface area (Å²) in [5, 5.41) is 0. The van der Waals surface area contributed by atoms with E-state index in [2.05, 4.69) is 9.97 Å². The lowest BCUT2D eigenvalue weighted by atomic mass is 10.2. The molecule has 9 heteroatoms. The lowest BCUT2D eigenvalue weighted by Gasteiger charge is -2.35. The maximum absolute atomic E-state index is 12.1. The first-order valence-corrected chi connectivity index (χ1v) is 8.40. The van der Waals surface area contributed by atoms with Gasteiger partial charge in [-0.15, -0.1) is 0 Å². The fraction of sp³-hybridized carbons (Fsp3) is 0.615. The van der Waals surface area contributed by atoms with Crippen molar-refractivity contribution >= 4 is 21.9 Å². The van der Waals surface area contributed by atoms with E-state index < -0.39 is 10.2 Å². The average Bonchev–Trinajstić information content (AvgIpc) is 2.46. The molecule has 22 heavy (non-hydrogen) atoms. The maximum Gasteiger partial charge on any atom is 0.281 e. The van der Waals surface area contributed by atoms with Crippen LogP contribution >= 0.6 is 0 Å². The van der Waals surface area contributed by atoms with Gasteiger partial charge in [-0.2, -0.15) is 17.0 Å². The predicted molar refractivity (Wildman–Crippen MR) is 83.2 cm³/mol. The van der Waals surface area contributed by atoms with Crippen molar-refractivity contribution in [3.8, 4) is 0 Å². The van der Waals surface area contributed by atoms with Gasteiger partial charge in [0.25, 0.3) is 10.2 Å². The van der Waals surface area contributed by atoms with Crippen molar-refractivity contribution in [2.45, 2.75) is 13.8 Å². The second kappa shape index (κ2) is 6.27. The number of Topliss-reactive ketones (excluding diaryl/α,β-unsaturated/α-hetero) is 1. The Labute approximate surface area is 130 Å². The molecule has 0 saturated carbocycles. The van der Waals surface area contributed by atoms with Gasteiger partial charge in [0.05, 0.1) is 11.3 Å². The van der Waals surface area contributed by atoms with Crippen molar-refractivity contribution < 1.29 is 13.2 Å². The van der Waals surface area contributed by atoms with E-state index in [1.807, 2.05) is 4.90 Å². The molecule has 1 saturated heterocycles. The molecule has 1 aromatic rings. The number of aryl methyl sites for hydroxylation is 1. The van der Waals surface area contributed by atoms with Crippen LogP contribution in [0.15, 0.2) is 6.20 Å². The van der Waals surface area contributed by atoms with Crippen LogP contribution in [0.1, 0.15) is 23.0 Å². The van der Waals surface area contributed by atoms with Crippen LogP contribution in [0.5, 0.6) is 0 Å². The van der Waals surface area contributed by atoms with Crippen LogP contribution in [-0.4, -0.2) is 73.1 Å². The van der Waals surface area contributed by atoms with Gasteiger partial charge in [-0.3, -0.25) is 4.79 Å². The molecule has 0 unspecified atom stereocenters. The summed E-state index contributed by atoms with van der Waals surface area (Å²) in [4.78, 5) is 21.9. The Morgan fingerprint density at radius 2 is 1.82 bits per heavy atom. The largest absolute Gasteiger partial charge is 0.338 e. The van der Waals surface area contributed by atoms with Gasteiger partial charge in [0.15, 0.2) is 5.78 Å². The molecule has 0 radical (unpaired) electrons. The molecule has 0 spiro atoms. The maximum atomic E-state index is 12.1. The number of rotatable bonds is 4. The van der Waals surface area contributed by atoms with Crippen molar-refractivity contribution in [1.29, 1.82) is 0 Å². The topological polar surface area (TPSA) is 86.7 Å². The van der Waals surface area contributed by atoms with E-state index >= 15 is 0 Å². The smallest absolute Gasteiger partial charge is 0.281 e. The second-order valence-corrected chi connectivity index (χ2v) is 7.54. The van der Waals surface area contributed by atoms with Crippen molar-refractivity contribution in [3.63, 3.8) is 0 Å². The number of carbonyl (C=O) groups excluding carboxylic acids is 1. The molecule has 2 rings (SSSR count). The highest BCUT2D eigenvalue weighted by molar-refractivity contribution is 7.86. The van der Waals surface area contributed by atoms with Gasteiger partial charge in [-0.05, 0) is 13.8 Å². The van der Waals surface area contributed by atoms with Crippen LogP contribution in [-0.2, 0) is 10.2 Å². The monoisotopic (exact) mass is 327 g/mol. The highest BCUT2D eigenvalue weighted by Crippen LogP contribution is 2.16. The molecule has 0 atom stereocenters. The fourth-order valence-electron chi connectivity index (χ4n) is 2.30. The molecule has 1 fully saturated rings. The molecular weight excluding hydrogens is 306 g/mol. The first-order valence-electron chi connectivity index (χ1n) is 7.00. The summed E-state index contributed by atoms with van der Waals surface area (Å²) < 4.78 is 26.8. The van der Waals surface area contributed by atoms with Crippen LogP contribution in [0.3, 0.4) is 0 Å². The third kappa shape index (κ3) is 3.26. The molecule has 0 aliphatic carbocycles. The van der Waals surface area contributed by atoms with Crippen molar-refractivity contribution in [1.82, 2.24) is 18.6 Å². The number of nitrogens with zero attached hydrogens (tertiary/aromatic N) is 5. The molecule has 0 N–H and O–H groups in total. The SMILES string of the molecule is CC(=O)c1cnc(N2CCN(S(=O)(=O)N(C)C)CC2)nc1C. The third-order valence-electron chi connectivity index (χ3n) is 3.66. The first-order chi connectivity index (χ1) is 10.2. The van der Waals surface area contributed by atoms with E-state index in [4.69, 9.17) is 0 Å². The van der Waals surface area contributed by atoms with Gasteiger partial charge < -0.3 is 4.90 Å². The number of carbonyl (C=O) groups is 1. The van der Waals surface area contributed by atoms with Crippen LogP contribution in [0, 0.1) is 6.92 Å². The molecule has 8 nitrogen and oxygen atoms in total. The zero-order chi connectivity index (χ0) is 16.5. The van der Waals surface area contributed by atoms with Crippen LogP contribution < -0.4 is 4.90 Å². The minimum absolute atomic E-state index is 0.0639. The van der Waals surface area contributed by atoms with E-state index in [0.717, 1.165) is 0 Å². The third-order valence-corrected chi connectivity index (χ3v) is 5.60. The number of piperazine rings is 1. The van der Waals surface area contributed by atoms with Crippen molar-refractivity contribution in [2.24, 2.45) is 0 Å². The van der Waals surface area contributed by atoms with Gasteiger partial charge in [-0.1, -0.05) is 0 Å². The summed E-state index contributed by atoms with van der Waals surface area (Å²) in [7, 11) is -0.332. The van der Waals surface area contributed by atoms with E-state index in [9.17, 15) is 13.2 Å². The van der Waals surface area contributed by atoms with Crippen LogP contribution in [0.2, 0.25) is 0 Å². The Hall–Kier alpha value is -1.58. The molecule has 0 amide bonds. The second-order valence-electron chi connectivity index (χ2n) is 5.40. The summed E-state index contributed by atoms with van der Waals surface area (Å²) in [6, 6.07) is 0. The van der Waals surface area contributed by atoms with Crippen LogP contribution in [0.4, 0.5) is 5.95 Å². The summed E-state index contributed by atoms with van der Waals surface area (Å²) in [5.74, 6) is 0.468. The fourth-order valence-corrected chi connectivity index (χ4v) is 3.39. The number of hydrogen-bond donors (Lipinski definition) is 0. The van der Waals surface area contributed by atoms with E-state index in [0.29, 0.717) is 43.4 Å².